The molecule has 0 bridgehead atoms. The van der Waals surface area contributed by atoms with Crippen LogP contribution < -0.4 is 18.9 Å². The number of phosphoric acid groups is 1. The second-order valence-corrected chi connectivity index (χ2v) is 30.7. The lowest BCUT2D eigenvalue weighted by atomic mass is 9.80. The minimum atomic E-state index is -4.08. The van der Waals surface area contributed by atoms with Gasteiger partial charge >= 0.3 is 7.82 Å². The topological polar surface area (TPSA) is 162 Å². The maximum absolute atomic E-state index is 13.9. The minimum absolute atomic E-state index is 0.0151. The summed E-state index contributed by atoms with van der Waals surface area (Å²) >= 11 is 0. The Labute approximate surface area is 590 Å². The smallest absolute Gasteiger partial charge is 0.475 e. The minimum Gasteiger partial charge on any atom is -0.497 e. The second kappa shape index (κ2) is 48.7. The molecule has 1 heterocycles. The zero-order valence-electron chi connectivity index (χ0n) is 55.9. The fourth-order valence-electron chi connectivity index (χ4n) is 9.72. The summed E-state index contributed by atoms with van der Waals surface area (Å²) in [5, 5.41) is 8.46. The lowest BCUT2D eigenvalue weighted by Crippen LogP contribution is -2.38. The van der Waals surface area contributed by atoms with Gasteiger partial charge in [-0.3, -0.25) is 13.6 Å². The molecule has 0 saturated carbocycles. The Balaban J connectivity index is 0.000000311. The number of hydrogen-bond donors (Lipinski definition) is 1. The number of benzene rings is 6. The Morgan fingerprint density at radius 2 is 0.811 bits per heavy atom. The summed E-state index contributed by atoms with van der Waals surface area (Å²) in [7, 11) is 25.0. The normalized spacial score (nSPS) is 15.1. The lowest BCUT2D eigenvalue weighted by Gasteiger charge is -2.37. The Morgan fingerprint density at radius 1 is 0.474 bits per heavy atom. The molecule has 24 heteroatoms. The Hall–Kier alpha value is -4.00. The molecule has 4 atom stereocenters. The molecular weight excluding hydrogens is 1340 g/mol. The molecule has 1 aliphatic rings. The Kier molecular flexibility index (Phi) is 41.9. The van der Waals surface area contributed by atoms with E-state index < -0.39 is 37.2 Å². The monoisotopic (exact) mass is 1440 g/mol. The van der Waals surface area contributed by atoms with Gasteiger partial charge in [0.1, 0.15) is 54.8 Å². The summed E-state index contributed by atoms with van der Waals surface area (Å²) in [6.45, 7) is 10.6. The van der Waals surface area contributed by atoms with E-state index in [0.717, 1.165) is 131 Å². The van der Waals surface area contributed by atoms with Crippen LogP contribution in [-0.2, 0) is 57.8 Å². The van der Waals surface area contributed by atoms with E-state index in [1.807, 2.05) is 152 Å². The van der Waals surface area contributed by atoms with Crippen LogP contribution in [0.15, 0.2) is 158 Å². The van der Waals surface area contributed by atoms with E-state index in [-0.39, 0.29) is 32.8 Å². The van der Waals surface area contributed by atoms with Crippen LogP contribution >= 0.6 is 72.6 Å². The van der Waals surface area contributed by atoms with E-state index >= 15 is 0 Å². The molecule has 1 unspecified atom stereocenters. The number of aliphatic hydroxyl groups excluding tert-OH is 1. The highest BCUT2D eigenvalue weighted by molar-refractivity contribution is 8.77. The van der Waals surface area contributed by atoms with Crippen molar-refractivity contribution in [3.63, 3.8) is 0 Å². The average molecular weight is 1440 g/mol. The standard InChI is InChI=1S/C36H45BNO9PS2.C28H34O4S2.C7H16O2S2/c1-38-20-23-45-48(39,44-22-9-25-50-49-24-8-21-40-2)47-33-26-35(37)46-34(33)27-43-36(28-10-6-5-7-11-28,29-12-16-31(41-3)17-13-29)30-14-18-32(42-4)19-15-30;1-29-19-7-21-33-34-22-8-20-32-28(23-9-5-4-6-10-23,24-11-15-26(30-2)16-12-24)25-13-17-27(31-3)18-14-25;1-9-5-3-7-11-10-6-2-4-8/h5-7,10-19,33-35H,8-9,20-27H2,2-4H3;4-6,9-18H,7-8,19-22H2,1-3H3;8H,2-7H2,1H3/t33-,34-,35-,48?;;/m1../s1. The molecule has 1 N–H and O–H groups in total. The van der Waals surface area contributed by atoms with E-state index in [1.165, 1.54) is 0 Å². The number of phosphoric ester groups is 1. The summed E-state index contributed by atoms with van der Waals surface area (Å²) in [5.41, 5.74) is 3.94. The molecule has 95 heavy (non-hydrogen) atoms. The second-order valence-electron chi connectivity index (χ2n) is 21.0. The van der Waals surface area contributed by atoms with E-state index in [2.05, 4.69) is 53.4 Å². The fourth-order valence-corrected chi connectivity index (χ4v) is 17.5. The molecule has 6 aromatic rings. The number of rotatable bonds is 46. The van der Waals surface area contributed by atoms with Crippen molar-refractivity contribution in [1.29, 1.82) is 0 Å². The van der Waals surface area contributed by atoms with Gasteiger partial charge in [0.2, 0.25) is 6.54 Å². The first-order valence-electron chi connectivity index (χ1n) is 31.6. The van der Waals surface area contributed by atoms with Crippen LogP contribution in [0.1, 0.15) is 78.3 Å². The predicted octanol–water partition coefficient (Wildman–Crippen LogP) is 16.2. The summed E-state index contributed by atoms with van der Waals surface area (Å²) < 4.78 is 88.2. The Morgan fingerprint density at radius 3 is 1.17 bits per heavy atom. The van der Waals surface area contributed by atoms with Crippen LogP contribution in [0.25, 0.3) is 4.85 Å². The number of aliphatic hydroxyl groups is 1. The molecule has 0 aliphatic carbocycles. The van der Waals surface area contributed by atoms with Crippen molar-refractivity contribution in [2.75, 3.05) is 144 Å². The lowest BCUT2D eigenvalue weighted by molar-refractivity contribution is -0.0744. The summed E-state index contributed by atoms with van der Waals surface area (Å²) in [6, 6.07) is 51.4. The highest BCUT2D eigenvalue weighted by Gasteiger charge is 2.45. The van der Waals surface area contributed by atoms with Crippen LogP contribution in [-0.4, -0.2) is 175 Å². The first-order valence-corrected chi connectivity index (χ1v) is 40.6. The van der Waals surface area contributed by atoms with Gasteiger partial charge in [0, 0.05) is 94.9 Å². The maximum Gasteiger partial charge on any atom is 0.475 e. The van der Waals surface area contributed by atoms with Crippen molar-refractivity contribution >= 4 is 80.4 Å². The number of methoxy groups -OCH3 is 7. The van der Waals surface area contributed by atoms with Crippen molar-refractivity contribution in [2.45, 2.75) is 74.4 Å². The zero-order valence-corrected chi connectivity index (χ0v) is 61.7. The van der Waals surface area contributed by atoms with Gasteiger partial charge in [-0.15, -0.1) is 0 Å². The van der Waals surface area contributed by atoms with Crippen molar-refractivity contribution < 1.29 is 70.6 Å². The van der Waals surface area contributed by atoms with Crippen LogP contribution in [0, 0.1) is 6.57 Å². The maximum atomic E-state index is 13.9. The highest BCUT2D eigenvalue weighted by atomic mass is 33.1. The number of ether oxygens (including phenoxy) is 10. The van der Waals surface area contributed by atoms with Crippen molar-refractivity contribution in [3.05, 3.63) is 203 Å². The summed E-state index contributed by atoms with van der Waals surface area (Å²) in [4.78, 5) is 3.31. The van der Waals surface area contributed by atoms with E-state index in [9.17, 15) is 4.57 Å². The van der Waals surface area contributed by atoms with Crippen LogP contribution in [0.3, 0.4) is 0 Å². The molecule has 16 nitrogen and oxygen atoms in total. The molecule has 6 aromatic carbocycles. The average Bonchev–Trinajstić information content (AvgIpc) is 0.870. The highest BCUT2D eigenvalue weighted by Crippen LogP contribution is 2.53. The van der Waals surface area contributed by atoms with Crippen LogP contribution in [0.4, 0.5) is 0 Å². The van der Waals surface area contributed by atoms with Gasteiger partial charge in [0.25, 0.3) is 0 Å². The van der Waals surface area contributed by atoms with Crippen molar-refractivity contribution in [3.8, 4) is 23.0 Å². The molecule has 1 saturated heterocycles. The molecule has 0 aromatic heterocycles. The van der Waals surface area contributed by atoms with Gasteiger partial charge in [0.05, 0.1) is 47.8 Å². The van der Waals surface area contributed by atoms with Crippen molar-refractivity contribution in [1.82, 2.24) is 0 Å². The van der Waals surface area contributed by atoms with Crippen molar-refractivity contribution in [2.24, 2.45) is 0 Å². The van der Waals surface area contributed by atoms with Gasteiger partial charge < -0.3 is 57.3 Å². The number of nitrogens with zero attached hydrogens (tertiary/aromatic N) is 1. The first kappa shape index (κ1) is 81.7. The molecule has 0 amide bonds. The van der Waals surface area contributed by atoms with Gasteiger partial charge in [-0.25, -0.2) is 11.1 Å². The largest absolute Gasteiger partial charge is 0.497 e. The van der Waals surface area contributed by atoms with Crippen LogP contribution in [0.5, 0.6) is 23.0 Å². The molecule has 7 rings (SSSR count). The van der Waals surface area contributed by atoms with Crippen LogP contribution in [0.2, 0.25) is 0 Å². The van der Waals surface area contributed by atoms with Gasteiger partial charge in [0.15, 0.2) is 0 Å². The number of hydrogen-bond acceptors (Lipinski definition) is 21. The molecule has 2 radical (unpaired) electrons. The fraction of sp³-hybridized carbons (Fsp3) is 0.479. The SMILES string of the molecule is COCCCSSCCCO.COCCCSSCCCOC(c1ccccc1)(c1ccc(OC)cc1)c1ccc(OC)cc1.[B][C@H]1C[C@@H](OP(=O)(OCCCSSCCCOC)OCC[N+]#[C-])[C@@H](COC(c2ccccc2)(c2ccc(OC)cc2)c2ccc(OC)cc2)O1. The third kappa shape index (κ3) is 28.3. The third-order valence-electron chi connectivity index (χ3n) is 14.4. The van der Waals surface area contributed by atoms with E-state index in [0.29, 0.717) is 31.1 Å². The van der Waals surface area contributed by atoms with E-state index in [1.54, 1.807) is 71.4 Å². The zero-order chi connectivity index (χ0) is 68.1. The Bertz CT molecular complexity index is 2900. The molecule has 518 valence electrons. The van der Waals surface area contributed by atoms with Gasteiger partial charge in [-0.1, -0.05) is 174 Å². The summed E-state index contributed by atoms with van der Waals surface area (Å²) in [6.07, 6.45) is 4.43. The molecule has 1 aliphatic heterocycles. The quantitative estimate of drug-likeness (QED) is 0.00958. The molecule has 1 fully saturated rings. The third-order valence-corrected chi connectivity index (χ3v) is 23.7. The summed E-state index contributed by atoms with van der Waals surface area (Å²) in [5.74, 6) is 9.16. The van der Waals surface area contributed by atoms with Gasteiger partial charge in [-0.05, 0) is 127 Å². The van der Waals surface area contributed by atoms with Gasteiger partial charge in [-0.2, -0.15) is 0 Å². The molecule has 0 spiro atoms. The first-order chi connectivity index (χ1) is 46.5. The molecular formula is C71H95BNO15PS6. The van der Waals surface area contributed by atoms with E-state index in [4.69, 9.17) is 80.5 Å². The predicted molar refractivity (Wildman–Crippen MR) is 397 cm³/mol.